The molecule has 0 bridgehead atoms. The van der Waals surface area contributed by atoms with E-state index in [1.807, 2.05) is 0 Å². The molecule has 0 fully saturated rings. The molecule has 2 N–H and O–H groups in total. The van der Waals surface area contributed by atoms with Crippen molar-refractivity contribution in [3.05, 3.63) is 34.9 Å². The van der Waals surface area contributed by atoms with Crippen LogP contribution in [0.25, 0.3) is 0 Å². The number of nitrogens with one attached hydrogen (secondary N) is 2. The van der Waals surface area contributed by atoms with Crippen LogP contribution in [0.15, 0.2) is 23.2 Å². The Morgan fingerprint density at radius 1 is 1.23 bits per heavy atom. The second-order valence-electron chi connectivity index (χ2n) is 5.51. The van der Waals surface area contributed by atoms with Gasteiger partial charge in [-0.15, -0.1) is 24.0 Å². The van der Waals surface area contributed by atoms with E-state index in [1.54, 1.807) is 7.11 Å². The van der Waals surface area contributed by atoms with Gasteiger partial charge in [-0.2, -0.15) is 0 Å². The molecule has 22 heavy (non-hydrogen) atoms. The Labute approximate surface area is 152 Å². The molecule has 0 radical (unpaired) electrons. The van der Waals surface area contributed by atoms with E-state index >= 15 is 0 Å². The number of methoxy groups -OCH3 is 1. The zero-order chi connectivity index (χ0) is 15.7. The van der Waals surface area contributed by atoms with Gasteiger partial charge in [0.15, 0.2) is 5.96 Å². The SMILES string of the molecule is CCNC(=NCCc1cc(C)cc(C)c1)NC(C)COC.I. The lowest BCUT2D eigenvalue weighted by Gasteiger charge is -2.17. The Morgan fingerprint density at radius 3 is 2.41 bits per heavy atom. The number of ether oxygens (including phenoxy) is 1. The summed E-state index contributed by atoms with van der Waals surface area (Å²) in [7, 11) is 1.71. The molecule has 1 aromatic carbocycles. The van der Waals surface area contributed by atoms with Crippen molar-refractivity contribution >= 4 is 29.9 Å². The van der Waals surface area contributed by atoms with Crippen molar-refractivity contribution in [2.75, 3.05) is 26.8 Å². The van der Waals surface area contributed by atoms with Crippen LogP contribution in [-0.4, -0.2) is 38.8 Å². The summed E-state index contributed by atoms with van der Waals surface area (Å²) in [5.74, 6) is 0.853. The summed E-state index contributed by atoms with van der Waals surface area (Å²) in [5.41, 5.74) is 3.97. The Balaban J connectivity index is 0.00000441. The molecule has 0 saturated carbocycles. The molecule has 0 aromatic heterocycles. The van der Waals surface area contributed by atoms with Gasteiger partial charge in [0.25, 0.3) is 0 Å². The van der Waals surface area contributed by atoms with E-state index in [2.05, 4.69) is 61.5 Å². The Kier molecular flexibility index (Phi) is 11.3. The summed E-state index contributed by atoms with van der Waals surface area (Å²) < 4.78 is 5.14. The van der Waals surface area contributed by atoms with Gasteiger partial charge in [0.05, 0.1) is 6.61 Å². The third kappa shape index (κ3) is 8.58. The maximum Gasteiger partial charge on any atom is 0.191 e. The number of guanidine groups is 1. The largest absolute Gasteiger partial charge is 0.383 e. The van der Waals surface area contributed by atoms with Crippen LogP contribution in [0, 0.1) is 13.8 Å². The van der Waals surface area contributed by atoms with Crippen LogP contribution < -0.4 is 10.6 Å². The molecule has 0 aliphatic carbocycles. The first-order valence-electron chi connectivity index (χ1n) is 7.66. The third-order valence-corrected chi connectivity index (χ3v) is 3.10. The second kappa shape index (κ2) is 11.7. The van der Waals surface area contributed by atoms with Gasteiger partial charge in [-0.05, 0) is 39.7 Å². The highest BCUT2D eigenvalue weighted by atomic mass is 127. The fraction of sp³-hybridized carbons (Fsp3) is 0.588. The van der Waals surface area contributed by atoms with Crippen LogP contribution in [0.1, 0.15) is 30.5 Å². The average molecular weight is 419 g/mol. The van der Waals surface area contributed by atoms with Crippen molar-refractivity contribution in [3.8, 4) is 0 Å². The van der Waals surface area contributed by atoms with Gasteiger partial charge in [-0.1, -0.05) is 29.3 Å². The molecule has 1 rings (SSSR count). The maximum absolute atomic E-state index is 5.14. The molecule has 0 amide bonds. The minimum atomic E-state index is 0. The van der Waals surface area contributed by atoms with Gasteiger partial charge in [0.1, 0.15) is 0 Å². The fourth-order valence-corrected chi connectivity index (χ4v) is 2.36. The van der Waals surface area contributed by atoms with Crippen LogP contribution in [0.3, 0.4) is 0 Å². The van der Waals surface area contributed by atoms with E-state index in [0.29, 0.717) is 6.61 Å². The van der Waals surface area contributed by atoms with Crippen LogP contribution in [0.5, 0.6) is 0 Å². The molecule has 4 nitrogen and oxygen atoms in total. The number of hydrogen-bond donors (Lipinski definition) is 2. The Hall–Kier alpha value is -0.820. The molecule has 1 atom stereocenters. The van der Waals surface area contributed by atoms with Gasteiger partial charge >= 0.3 is 0 Å². The smallest absolute Gasteiger partial charge is 0.191 e. The number of aliphatic imine (C=N–C) groups is 1. The zero-order valence-corrected chi connectivity index (χ0v) is 16.7. The van der Waals surface area contributed by atoms with Gasteiger partial charge in [0.2, 0.25) is 0 Å². The molecule has 1 unspecified atom stereocenters. The standard InChI is InChI=1S/C17H29N3O.HI/c1-6-18-17(20-15(4)12-21-5)19-8-7-16-10-13(2)9-14(3)11-16;/h9-11,15H,6-8,12H2,1-5H3,(H2,18,19,20);1H. The predicted octanol–water partition coefficient (Wildman–Crippen LogP) is 3.05. The number of rotatable bonds is 7. The lowest BCUT2D eigenvalue weighted by molar-refractivity contribution is 0.179. The molecule has 0 saturated heterocycles. The number of aryl methyl sites for hydroxylation is 2. The number of nitrogens with zero attached hydrogens (tertiary/aromatic N) is 1. The Morgan fingerprint density at radius 2 is 1.86 bits per heavy atom. The van der Waals surface area contributed by atoms with Gasteiger partial charge in [-0.25, -0.2) is 0 Å². The van der Waals surface area contributed by atoms with Gasteiger partial charge in [-0.3, -0.25) is 4.99 Å². The normalized spacial score (nSPS) is 12.5. The summed E-state index contributed by atoms with van der Waals surface area (Å²) in [4.78, 5) is 4.63. The lowest BCUT2D eigenvalue weighted by atomic mass is 10.1. The van der Waals surface area contributed by atoms with Crippen molar-refractivity contribution in [1.82, 2.24) is 10.6 Å². The van der Waals surface area contributed by atoms with Crippen molar-refractivity contribution < 1.29 is 4.74 Å². The molecule has 1 aromatic rings. The molecule has 0 heterocycles. The van der Waals surface area contributed by atoms with Crippen molar-refractivity contribution in [3.63, 3.8) is 0 Å². The molecule has 126 valence electrons. The van der Waals surface area contributed by atoms with E-state index in [4.69, 9.17) is 4.74 Å². The summed E-state index contributed by atoms with van der Waals surface area (Å²) >= 11 is 0. The van der Waals surface area contributed by atoms with Gasteiger partial charge in [0, 0.05) is 26.2 Å². The van der Waals surface area contributed by atoms with Crippen molar-refractivity contribution in [2.45, 2.75) is 40.2 Å². The molecular weight excluding hydrogens is 389 g/mol. The number of hydrogen-bond acceptors (Lipinski definition) is 2. The molecule has 0 spiro atoms. The van der Waals surface area contributed by atoms with Crippen LogP contribution in [0.2, 0.25) is 0 Å². The van der Waals surface area contributed by atoms with Crippen molar-refractivity contribution in [1.29, 1.82) is 0 Å². The second-order valence-corrected chi connectivity index (χ2v) is 5.51. The topological polar surface area (TPSA) is 45.7 Å². The summed E-state index contributed by atoms with van der Waals surface area (Å²) in [6.07, 6.45) is 0.956. The monoisotopic (exact) mass is 419 g/mol. The highest BCUT2D eigenvalue weighted by Gasteiger charge is 2.04. The van der Waals surface area contributed by atoms with E-state index in [-0.39, 0.29) is 30.0 Å². The summed E-state index contributed by atoms with van der Waals surface area (Å²) in [6.45, 7) is 10.7. The van der Waals surface area contributed by atoms with E-state index in [0.717, 1.165) is 25.5 Å². The minimum absolute atomic E-state index is 0. The Bertz CT molecular complexity index is 443. The first-order chi connectivity index (χ1) is 10.0. The molecule has 0 aliphatic heterocycles. The fourth-order valence-electron chi connectivity index (χ4n) is 2.36. The molecular formula is C17H30IN3O. The van der Waals surface area contributed by atoms with Crippen molar-refractivity contribution in [2.24, 2.45) is 4.99 Å². The molecule has 5 heteroatoms. The predicted molar refractivity (Wildman–Crippen MR) is 105 cm³/mol. The molecule has 0 aliphatic rings. The first-order valence-corrected chi connectivity index (χ1v) is 7.66. The highest BCUT2D eigenvalue weighted by Crippen LogP contribution is 2.09. The zero-order valence-electron chi connectivity index (χ0n) is 14.4. The van der Waals surface area contributed by atoms with E-state index < -0.39 is 0 Å². The third-order valence-electron chi connectivity index (χ3n) is 3.10. The summed E-state index contributed by atoms with van der Waals surface area (Å²) in [5, 5.41) is 6.61. The minimum Gasteiger partial charge on any atom is -0.383 e. The van der Waals surface area contributed by atoms with E-state index in [9.17, 15) is 0 Å². The lowest BCUT2D eigenvalue weighted by Crippen LogP contribution is -2.44. The summed E-state index contributed by atoms with van der Waals surface area (Å²) in [6, 6.07) is 6.91. The quantitative estimate of drug-likeness (QED) is 0.406. The highest BCUT2D eigenvalue weighted by molar-refractivity contribution is 14.0. The maximum atomic E-state index is 5.14. The van der Waals surface area contributed by atoms with Crippen LogP contribution in [0.4, 0.5) is 0 Å². The first kappa shape index (κ1) is 21.2. The number of benzene rings is 1. The van der Waals surface area contributed by atoms with Gasteiger partial charge < -0.3 is 15.4 Å². The van der Waals surface area contributed by atoms with Crippen LogP contribution >= 0.6 is 24.0 Å². The average Bonchev–Trinajstić information content (AvgIpc) is 2.38. The van der Waals surface area contributed by atoms with E-state index in [1.165, 1.54) is 16.7 Å². The number of halogens is 1. The van der Waals surface area contributed by atoms with Crippen LogP contribution in [-0.2, 0) is 11.2 Å².